The Hall–Kier alpha value is -3.54. The van der Waals surface area contributed by atoms with Crippen molar-refractivity contribution in [3.05, 3.63) is 41.5 Å². The maximum absolute atomic E-state index is 14.4. The van der Waals surface area contributed by atoms with Gasteiger partial charge >= 0.3 is 6.09 Å². The van der Waals surface area contributed by atoms with Gasteiger partial charge in [-0.25, -0.2) is 13.9 Å². The van der Waals surface area contributed by atoms with Crippen molar-refractivity contribution in [3.63, 3.8) is 0 Å². The molecule has 11 nitrogen and oxygen atoms in total. The summed E-state index contributed by atoms with van der Waals surface area (Å²) in [6.45, 7) is 7.81. The highest BCUT2D eigenvalue weighted by Crippen LogP contribution is 2.34. The first kappa shape index (κ1) is 30.4. The molecule has 1 saturated heterocycles. The van der Waals surface area contributed by atoms with Crippen LogP contribution in [-0.4, -0.2) is 67.7 Å². The number of nitrogens with one attached hydrogen (secondary N) is 1. The lowest BCUT2D eigenvalue weighted by Crippen LogP contribution is -2.55. The molecule has 12 heteroatoms. The van der Waals surface area contributed by atoms with Gasteiger partial charge < -0.3 is 14.6 Å². The number of piperidine rings is 1. The first-order valence-corrected chi connectivity index (χ1v) is 14.2. The first-order valence-electron chi connectivity index (χ1n) is 14.2. The molecule has 0 radical (unpaired) electrons. The van der Waals surface area contributed by atoms with E-state index in [1.54, 1.807) is 43.8 Å². The lowest BCUT2D eigenvalue weighted by Gasteiger charge is -2.34. The Balaban J connectivity index is 1.44. The largest absolute Gasteiger partial charge is 0.490 e. The fourth-order valence-corrected chi connectivity index (χ4v) is 4.76. The molecular formula is C29H40FN5O6. The molecular weight excluding hydrogens is 533 g/mol. The van der Waals surface area contributed by atoms with Crippen LogP contribution in [-0.2, 0) is 32.9 Å². The van der Waals surface area contributed by atoms with Crippen molar-refractivity contribution < 1.29 is 33.4 Å². The summed E-state index contributed by atoms with van der Waals surface area (Å²) < 4.78 is 27.2. The topological polar surface area (TPSA) is 136 Å². The first-order chi connectivity index (χ1) is 19.4. The van der Waals surface area contributed by atoms with Crippen LogP contribution in [0.3, 0.4) is 0 Å². The van der Waals surface area contributed by atoms with Gasteiger partial charge in [-0.1, -0.05) is 18.2 Å². The van der Waals surface area contributed by atoms with Gasteiger partial charge in [-0.15, -0.1) is 5.10 Å². The summed E-state index contributed by atoms with van der Waals surface area (Å²) in [6.07, 6.45) is 4.71. The van der Waals surface area contributed by atoms with E-state index in [1.165, 1.54) is 11.0 Å². The molecule has 3 amide bonds. The molecule has 1 aromatic carbocycles. The van der Waals surface area contributed by atoms with Crippen molar-refractivity contribution in [1.29, 1.82) is 0 Å². The number of rotatable bonds is 12. The third-order valence-electron chi connectivity index (χ3n) is 7.38. The molecule has 41 heavy (non-hydrogen) atoms. The fourth-order valence-electron chi connectivity index (χ4n) is 4.76. The second-order valence-electron chi connectivity index (χ2n) is 11.9. The van der Waals surface area contributed by atoms with Gasteiger partial charge in [0.05, 0.1) is 25.0 Å². The molecule has 2 atom stereocenters. The van der Waals surface area contributed by atoms with Crippen LogP contribution >= 0.6 is 0 Å². The van der Waals surface area contributed by atoms with Crippen molar-refractivity contribution in [2.45, 2.75) is 96.4 Å². The van der Waals surface area contributed by atoms with E-state index in [4.69, 9.17) is 9.47 Å². The quantitative estimate of drug-likeness (QED) is 0.369. The normalized spacial score (nSPS) is 18.9. The number of halogens is 1. The molecule has 0 bridgehead atoms. The molecule has 4 rings (SSSR count). The van der Waals surface area contributed by atoms with Crippen LogP contribution in [0.1, 0.15) is 77.5 Å². The van der Waals surface area contributed by atoms with Crippen molar-refractivity contribution in [1.82, 2.24) is 25.2 Å². The Labute approximate surface area is 239 Å². The number of aliphatic hydroxyl groups is 1. The van der Waals surface area contributed by atoms with Gasteiger partial charge in [-0.05, 0) is 82.9 Å². The molecule has 2 aliphatic rings. The third kappa shape index (κ3) is 8.02. The van der Waals surface area contributed by atoms with Crippen LogP contribution < -0.4 is 10.1 Å². The Morgan fingerprint density at radius 3 is 2.66 bits per heavy atom. The molecule has 1 aromatic heterocycles. The van der Waals surface area contributed by atoms with E-state index >= 15 is 0 Å². The molecule has 1 unspecified atom stereocenters. The van der Waals surface area contributed by atoms with E-state index in [-0.39, 0.29) is 37.6 Å². The second kappa shape index (κ2) is 12.5. The molecule has 2 heterocycles. The minimum Gasteiger partial charge on any atom is -0.490 e. The highest BCUT2D eigenvalue weighted by molar-refractivity contribution is 6.01. The van der Waals surface area contributed by atoms with E-state index < -0.39 is 35.1 Å². The second-order valence-corrected chi connectivity index (χ2v) is 11.9. The van der Waals surface area contributed by atoms with Crippen molar-refractivity contribution in [2.75, 3.05) is 13.2 Å². The Morgan fingerprint density at radius 2 is 2.00 bits per heavy atom. The molecule has 224 valence electrons. The highest BCUT2D eigenvalue weighted by atomic mass is 19.1. The summed E-state index contributed by atoms with van der Waals surface area (Å²) in [7, 11) is 0. The van der Waals surface area contributed by atoms with Gasteiger partial charge in [-0.2, -0.15) is 0 Å². The van der Waals surface area contributed by atoms with Crippen LogP contribution in [0.4, 0.5) is 9.18 Å². The maximum atomic E-state index is 14.4. The van der Waals surface area contributed by atoms with Crippen LogP contribution in [0.15, 0.2) is 24.4 Å². The number of aryl methyl sites for hydroxylation is 1. The number of aromatic nitrogens is 3. The van der Waals surface area contributed by atoms with E-state index in [0.29, 0.717) is 37.4 Å². The van der Waals surface area contributed by atoms with Gasteiger partial charge in [0.1, 0.15) is 17.2 Å². The number of imide groups is 1. The maximum Gasteiger partial charge on any atom is 0.410 e. The monoisotopic (exact) mass is 573 g/mol. The summed E-state index contributed by atoms with van der Waals surface area (Å²) in [6, 6.07) is 3.60. The average Bonchev–Trinajstić information content (AvgIpc) is 3.63. The van der Waals surface area contributed by atoms with Crippen LogP contribution in [0.2, 0.25) is 0 Å². The summed E-state index contributed by atoms with van der Waals surface area (Å²) >= 11 is 0. The summed E-state index contributed by atoms with van der Waals surface area (Å²) in [5.41, 5.74) is -0.880. The number of ether oxygens (including phenoxy) is 2. The standard InChI is InChI=1S/C29H40FN5O6/c1-5-29(39,20-10-11-22(30)24(15-20)40-17-19-8-9-19)18-35-21(16-31-33-35)7-6-14-34(27(38)41-28(2,3)4)23-12-13-25(36)32-26(23)37/h10-11,15-16,19,23,39H,5-9,12-14,17-18H2,1-4H3,(H,32,36,37)/t23?,29-/m1/s1. The number of hydrogen-bond acceptors (Lipinski definition) is 8. The van der Waals surface area contributed by atoms with Gasteiger partial charge in [0, 0.05) is 13.0 Å². The molecule has 2 N–H and O–H groups in total. The van der Waals surface area contributed by atoms with Crippen molar-refractivity contribution in [2.24, 2.45) is 5.92 Å². The van der Waals surface area contributed by atoms with E-state index in [9.17, 15) is 23.9 Å². The molecule has 2 aromatic rings. The number of benzene rings is 1. The van der Waals surface area contributed by atoms with Crippen LogP contribution in [0.5, 0.6) is 5.75 Å². The number of hydrogen-bond donors (Lipinski definition) is 2. The Morgan fingerprint density at radius 1 is 1.24 bits per heavy atom. The van der Waals surface area contributed by atoms with E-state index in [2.05, 4.69) is 15.6 Å². The van der Waals surface area contributed by atoms with Gasteiger partial charge in [0.15, 0.2) is 11.6 Å². The van der Waals surface area contributed by atoms with Gasteiger partial charge in [-0.3, -0.25) is 19.8 Å². The molecule has 1 saturated carbocycles. The number of carbonyl (C=O) groups excluding carboxylic acids is 3. The van der Waals surface area contributed by atoms with Crippen molar-refractivity contribution >= 4 is 17.9 Å². The minimum absolute atomic E-state index is 0.0788. The molecule has 0 spiro atoms. The number of nitrogens with zero attached hydrogens (tertiary/aromatic N) is 4. The van der Waals surface area contributed by atoms with Gasteiger partial charge in [0.2, 0.25) is 11.8 Å². The average molecular weight is 574 g/mol. The Bertz CT molecular complexity index is 1260. The lowest BCUT2D eigenvalue weighted by molar-refractivity contribution is -0.137. The van der Waals surface area contributed by atoms with Gasteiger partial charge in [0.25, 0.3) is 0 Å². The number of amides is 3. The highest BCUT2D eigenvalue weighted by Gasteiger charge is 2.36. The molecule has 1 aliphatic heterocycles. The summed E-state index contributed by atoms with van der Waals surface area (Å²) in [5.74, 6) is -0.777. The zero-order valence-electron chi connectivity index (χ0n) is 24.2. The zero-order chi connectivity index (χ0) is 29.8. The SMILES string of the molecule is CC[C@@](O)(Cn1nncc1CCCN(C(=O)OC(C)(C)C)C1CCC(=O)NC1=O)c1ccc(F)c(OCC2CC2)c1. The number of carbonyl (C=O) groups is 3. The Kier molecular flexibility index (Phi) is 9.31. The van der Waals surface area contributed by atoms with Crippen molar-refractivity contribution in [3.8, 4) is 5.75 Å². The lowest BCUT2D eigenvalue weighted by atomic mass is 9.90. The predicted molar refractivity (Wildman–Crippen MR) is 146 cm³/mol. The van der Waals surface area contributed by atoms with E-state index in [1.807, 2.05) is 6.92 Å². The minimum atomic E-state index is -1.36. The van der Waals surface area contributed by atoms with Crippen LogP contribution in [0, 0.1) is 11.7 Å². The zero-order valence-corrected chi connectivity index (χ0v) is 24.2. The van der Waals surface area contributed by atoms with Crippen LogP contribution in [0.25, 0.3) is 0 Å². The fraction of sp³-hybridized carbons (Fsp3) is 0.621. The third-order valence-corrected chi connectivity index (χ3v) is 7.38. The summed E-state index contributed by atoms with van der Waals surface area (Å²) in [5, 5.41) is 22.1. The predicted octanol–water partition coefficient (Wildman–Crippen LogP) is 3.48. The smallest absolute Gasteiger partial charge is 0.410 e. The summed E-state index contributed by atoms with van der Waals surface area (Å²) in [4.78, 5) is 38.6. The molecule has 1 aliphatic carbocycles. The molecule has 2 fully saturated rings. The van der Waals surface area contributed by atoms with E-state index in [0.717, 1.165) is 18.5 Å².